The van der Waals surface area contributed by atoms with E-state index in [1.165, 1.54) is 19.1 Å². The summed E-state index contributed by atoms with van der Waals surface area (Å²) in [4.78, 5) is 23.2. The number of nitrogens with one attached hydrogen (secondary N) is 1. The van der Waals surface area contributed by atoms with Gasteiger partial charge in [0.1, 0.15) is 17.2 Å². The number of hydrogen-bond acceptors (Lipinski definition) is 5. The van der Waals surface area contributed by atoms with Gasteiger partial charge in [0.25, 0.3) is 0 Å². The third-order valence-corrected chi connectivity index (χ3v) is 3.86. The SMILES string of the molecule is CC(=O)ON=C1C(c2c(O)[nH]c3cc(F)ccc23)=Nc2ccccc21. The zero-order valence-electron chi connectivity index (χ0n) is 13.1. The van der Waals surface area contributed by atoms with E-state index in [0.717, 1.165) is 0 Å². The Labute approximate surface area is 141 Å². The smallest absolute Gasteiger partial charge is 0.332 e. The monoisotopic (exact) mass is 337 g/mol. The van der Waals surface area contributed by atoms with E-state index in [-0.39, 0.29) is 5.88 Å². The molecule has 3 aromatic rings. The number of aromatic hydroxyl groups is 1. The number of rotatable bonds is 2. The number of carbonyl (C=O) groups excluding carboxylic acids is 1. The molecule has 124 valence electrons. The molecule has 0 unspecified atom stereocenters. The third kappa shape index (κ3) is 2.46. The normalized spacial score (nSPS) is 14.6. The van der Waals surface area contributed by atoms with Crippen molar-refractivity contribution in [3.05, 3.63) is 59.4 Å². The van der Waals surface area contributed by atoms with Gasteiger partial charge < -0.3 is 14.9 Å². The second-order valence-corrected chi connectivity index (χ2v) is 5.54. The van der Waals surface area contributed by atoms with Gasteiger partial charge in [0.15, 0.2) is 5.88 Å². The maximum atomic E-state index is 13.4. The fraction of sp³-hybridized carbons (Fsp3) is 0.0556. The Hall–Kier alpha value is -3.48. The lowest BCUT2D eigenvalue weighted by molar-refractivity contribution is -0.140. The number of hydrogen-bond donors (Lipinski definition) is 2. The Bertz CT molecular complexity index is 1080. The van der Waals surface area contributed by atoms with E-state index in [2.05, 4.69) is 15.1 Å². The number of aromatic amines is 1. The summed E-state index contributed by atoms with van der Waals surface area (Å²) in [6.45, 7) is 1.24. The van der Waals surface area contributed by atoms with Gasteiger partial charge in [0.05, 0.1) is 16.8 Å². The molecular weight excluding hydrogens is 325 g/mol. The first-order valence-corrected chi connectivity index (χ1v) is 7.49. The number of para-hydroxylation sites is 1. The summed E-state index contributed by atoms with van der Waals surface area (Å²) in [5, 5.41) is 14.8. The number of carbonyl (C=O) groups is 1. The van der Waals surface area contributed by atoms with Gasteiger partial charge in [-0.05, 0) is 24.3 Å². The first-order chi connectivity index (χ1) is 12.0. The molecule has 2 N–H and O–H groups in total. The summed E-state index contributed by atoms with van der Waals surface area (Å²) >= 11 is 0. The zero-order chi connectivity index (χ0) is 17.6. The Kier molecular flexibility index (Phi) is 3.35. The first kappa shape index (κ1) is 15.1. The summed E-state index contributed by atoms with van der Waals surface area (Å²) in [6, 6.07) is 11.3. The highest BCUT2D eigenvalue weighted by molar-refractivity contribution is 6.58. The van der Waals surface area contributed by atoms with Crippen molar-refractivity contribution in [2.75, 3.05) is 0 Å². The van der Waals surface area contributed by atoms with Crippen molar-refractivity contribution in [3.63, 3.8) is 0 Å². The summed E-state index contributed by atoms with van der Waals surface area (Å²) in [6.07, 6.45) is 0. The van der Waals surface area contributed by atoms with Crippen LogP contribution in [0.25, 0.3) is 10.9 Å². The predicted octanol–water partition coefficient (Wildman–Crippen LogP) is 3.41. The fourth-order valence-corrected chi connectivity index (χ4v) is 2.84. The van der Waals surface area contributed by atoms with Crippen molar-refractivity contribution >= 4 is 34.0 Å². The lowest BCUT2D eigenvalue weighted by Crippen LogP contribution is -2.14. The highest BCUT2D eigenvalue weighted by Gasteiger charge is 2.29. The molecule has 1 aliphatic heterocycles. The van der Waals surface area contributed by atoms with Crippen molar-refractivity contribution < 1.29 is 19.1 Å². The van der Waals surface area contributed by atoms with Gasteiger partial charge in [-0.25, -0.2) is 14.2 Å². The maximum Gasteiger partial charge on any atom is 0.332 e. The van der Waals surface area contributed by atoms with E-state index in [9.17, 15) is 14.3 Å². The van der Waals surface area contributed by atoms with Gasteiger partial charge in [-0.2, -0.15) is 0 Å². The van der Waals surface area contributed by atoms with Crippen LogP contribution in [-0.2, 0) is 9.63 Å². The van der Waals surface area contributed by atoms with Crippen molar-refractivity contribution in [1.82, 2.24) is 4.98 Å². The number of fused-ring (bicyclic) bond motifs is 2. The molecule has 1 aliphatic rings. The van der Waals surface area contributed by atoms with Crippen LogP contribution in [-0.4, -0.2) is 27.5 Å². The highest BCUT2D eigenvalue weighted by Crippen LogP contribution is 2.35. The molecule has 25 heavy (non-hydrogen) atoms. The minimum atomic E-state index is -0.568. The van der Waals surface area contributed by atoms with Crippen LogP contribution < -0.4 is 0 Å². The number of H-pyrrole nitrogens is 1. The number of oxime groups is 1. The topological polar surface area (TPSA) is 87.0 Å². The summed E-state index contributed by atoms with van der Waals surface area (Å²) < 4.78 is 13.4. The first-order valence-electron chi connectivity index (χ1n) is 7.49. The van der Waals surface area contributed by atoms with E-state index >= 15 is 0 Å². The van der Waals surface area contributed by atoms with Crippen molar-refractivity contribution in [2.24, 2.45) is 10.1 Å². The van der Waals surface area contributed by atoms with Gasteiger partial charge in [-0.3, -0.25) is 0 Å². The molecule has 0 radical (unpaired) electrons. The third-order valence-electron chi connectivity index (χ3n) is 3.86. The van der Waals surface area contributed by atoms with Crippen molar-refractivity contribution in [3.8, 4) is 5.88 Å². The van der Waals surface area contributed by atoms with Crippen LogP contribution in [0, 0.1) is 5.82 Å². The van der Waals surface area contributed by atoms with Crippen molar-refractivity contribution in [1.29, 1.82) is 0 Å². The van der Waals surface area contributed by atoms with Crippen LogP contribution >= 0.6 is 0 Å². The molecule has 6 nitrogen and oxygen atoms in total. The molecule has 0 fully saturated rings. The summed E-state index contributed by atoms with van der Waals surface area (Å²) in [7, 11) is 0. The van der Waals surface area contributed by atoms with Crippen LogP contribution in [0.5, 0.6) is 5.88 Å². The van der Waals surface area contributed by atoms with Gasteiger partial charge >= 0.3 is 5.97 Å². The standard InChI is InChI=1S/C18H12FN3O3/c1-9(23)25-22-16-12-4-2-3-5-13(12)20-17(16)15-11-7-6-10(19)8-14(11)21-18(15)24/h2-8,21,24H,1H3. The lowest BCUT2D eigenvalue weighted by atomic mass is 10.0. The Morgan fingerprint density at radius 2 is 2.08 bits per heavy atom. The van der Waals surface area contributed by atoms with E-state index in [1.807, 2.05) is 12.1 Å². The molecule has 0 bridgehead atoms. The molecule has 1 aromatic heterocycles. The van der Waals surface area contributed by atoms with Crippen LogP contribution in [0.1, 0.15) is 18.1 Å². The molecule has 0 saturated heterocycles. The van der Waals surface area contributed by atoms with Crippen LogP contribution in [0.4, 0.5) is 10.1 Å². The van der Waals surface area contributed by atoms with E-state index in [0.29, 0.717) is 39.1 Å². The maximum absolute atomic E-state index is 13.4. The van der Waals surface area contributed by atoms with E-state index < -0.39 is 11.8 Å². The molecule has 0 amide bonds. The summed E-state index contributed by atoms with van der Waals surface area (Å²) in [5.74, 6) is -1.16. The fourth-order valence-electron chi connectivity index (χ4n) is 2.84. The minimum absolute atomic E-state index is 0.164. The lowest BCUT2D eigenvalue weighted by Gasteiger charge is -2.03. The van der Waals surface area contributed by atoms with Crippen molar-refractivity contribution in [2.45, 2.75) is 6.92 Å². The molecule has 0 atom stereocenters. The van der Waals surface area contributed by atoms with E-state index in [4.69, 9.17) is 4.84 Å². The summed E-state index contributed by atoms with van der Waals surface area (Å²) in [5.41, 5.74) is 2.79. The Morgan fingerprint density at radius 1 is 1.28 bits per heavy atom. The average molecular weight is 337 g/mol. The molecule has 7 heteroatoms. The molecule has 2 aromatic carbocycles. The number of halogens is 1. The quantitative estimate of drug-likeness (QED) is 0.555. The van der Waals surface area contributed by atoms with Crippen LogP contribution in [0.2, 0.25) is 0 Å². The van der Waals surface area contributed by atoms with Gasteiger partial charge in [0, 0.05) is 17.9 Å². The van der Waals surface area contributed by atoms with Gasteiger partial charge in [0.2, 0.25) is 0 Å². The number of benzene rings is 2. The number of nitrogens with zero attached hydrogens (tertiary/aromatic N) is 2. The van der Waals surface area contributed by atoms with Crippen LogP contribution in [0.3, 0.4) is 0 Å². The predicted molar refractivity (Wildman–Crippen MR) is 90.9 cm³/mol. The van der Waals surface area contributed by atoms with Gasteiger partial charge in [-0.15, -0.1) is 0 Å². The van der Waals surface area contributed by atoms with Gasteiger partial charge in [-0.1, -0.05) is 23.4 Å². The molecule has 0 aliphatic carbocycles. The number of aromatic nitrogens is 1. The molecule has 4 rings (SSSR count). The molecule has 0 saturated carbocycles. The molecular formula is C18H12FN3O3. The second-order valence-electron chi connectivity index (χ2n) is 5.54. The van der Waals surface area contributed by atoms with E-state index in [1.54, 1.807) is 18.2 Å². The largest absolute Gasteiger partial charge is 0.494 e. The van der Waals surface area contributed by atoms with Crippen LogP contribution in [0.15, 0.2) is 52.6 Å². The molecule has 0 spiro atoms. The molecule has 2 heterocycles. The second kappa shape index (κ2) is 5.55. The highest BCUT2D eigenvalue weighted by atomic mass is 19.1. The Balaban J connectivity index is 1.94. The number of aliphatic imine (C=N–C) groups is 1. The Morgan fingerprint density at radius 3 is 2.88 bits per heavy atom. The zero-order valence-corrected chi connectivity index (χ0v) is 13.1. The average Bonchev–Trinajstić information content (AvgIpc) is 3.08. The minimum Gasteiger partial charge on any atom is -0.494 e.